The summed E-state index contributed by atoms with van der Waals surface area (Å²) in [5.41, 5.74) is 1.06. The molecule has 0 unspecified atom stereocenters. The summed E-state index contributed by atoms with van der Waals surface area (Å²) in [6.07, 6.45) is 2.06. The number of benzene rings is 1. The van der Waals surface area contributed by atoms with Crippen LogP contribution >= 0.6 is 0 Å². The van der Waals surface area contributed by atoms with Crippen LogP contribution in [-0.2, 0) is 16.0 Å². The maximum atomic E-state index is 12.3. The molecule has 0 spiro atoms. The summed E-state index contributed by atoms with van der Waals surface area (Å²) in [5.74, 6) is -0.775. The van der Waals surface area contributed by atoms with Crippen LogP contribution in [0.1, 0.15) is 31.7 Å². The molecule has 112 valence electrons. The van der Waals surface area contributed by atoms with Crippen LogP contribution < -0.4 is 0 Å². The van der Waals surface area contributed by atoms with E-state index in [1.807, 2.05) is 37.3 Å². The molecule has 0 atom stereocenters. The van der Waals surface area contributed by atoms with Crippen LogP contribution in [0.15, 0.2) is 30.3 Å². The van der Waals surface area contributed by atoms with E-state index in [4.69, 9.17) is 0 Å². The van der Waals surface area contributed by atoms with E-state index in [0.717, 1.165) is 18.4 Å². The van der Waals surface area contributed by atoms with E-state index in [1.54, 1.807) is 0 Å². The summed E-state index contributed by atoms with van der Waals surface area (Å²) >= 11 is 0. The molecule has 0 bridgehead atoms. The van der Waals surface area contributed by atoms with E-state index in [0.29, 0.717) is 19.5 Å². The van der Waals surface area contributed by atoms with Gasteiger partial charge >= 0.3 is 6.03 Å². The molecule has 1 aromatic carbocycles. The summed E-state index contributed by atoms with van der Waals surface area (Å²) < 4.78 is 0. The molecule has 1 aliphatic rings. The van der Waals surface area contributed by atoms with Gasteiger partial charge in [0.15, 0.2) is 0 Å². The topological polar surface area (TPSA) is 57.7 Å². The number of imide groups is 2. The van der Waals surface area contributed by atoms with Gasteiger partial charge in [-0.15, -0.1) is 0 Å². The van der Waals surface area contributed by atoms with Gasteiger partial charge in [-0.2, -0.15) is 0 Å². The fourth-order valence-electron chi connectivity index (χ4n) is 2.32. The molecule has 0 saturated carbocycles. The fourth-order valence-corrected chi connectivity index (χ4v) is 2.32. The second-order valence-corrected chi connectivity index (χ2v) is 5.14. The molecule has 0 radical (unpaired) electrons. The van der Waals surface area contributed by atoms with E-state index in [1.165, 1.54) is 9.80 Å². The maximum Gasteiger partial charge on any atom is 0.333 e. The SMILES string of the molecule is CCCCN1C(=O)CC(=O)N(CCc2ccccc2)C1=O. The first-order valence-corrected chi connectivity index (χ1v) is 7.32. The van der Waals surface area contributed by atoms with Gasteiger partial charge in [0.05, 0.1) is 0 Å². The lowest BCUT2D eigenvalue weighted by atomic mass is 10.1. The van der Waals surface area contributed by atoms with Crippen LogP contribution in [0, 0.1) is 0 Å². The van der Waals surface area contributed by atoms with Gasteiger partial charge in [-0.1, -0.05) is 43.7 Å². The van der Waals surface area contributed by atoms with Gasteiger partial charge in [0.1, 0.15) is 6.42 Å². The van der Waals surface area contributed by atoms with Gasteiger partial charge in [0, 0.05) is 13.1 Å². The summed E-state index contributed by atoms with van der Waals surface area (Å²) in [4.78, 5) is 38.4. The van der Waals surface area contributed by atoms with Gasteiger partial charge in [0.25, 0.3) is 0 Å². The van der Waals surface area contributed by atoms with Crippen molar-refractivity contribution in [1.29, 1.82) is 0 Å². The van der Waals surface area contributed by atoms with Gasteiger partial charge in [-0.25, -0.2) is 4.79 Å². The molecule has 0 aromatic heterocycles. The van der Waals surface area contributed by atoms with E-state index < -0.39 is 11.9 Å². The molecule has 1 fully saturated rings. The van der Waals surface area contributed by atoms with E-state index in [-0.39, 0.29) is 12.3 Å². The van der Waals surface area contributed by atoms with Gasteiger partial charge < -0.3 is 0 Å². The molecule has 2 rings (SSSR count). The first-order valence-electron chi connectivity index (χ1n) is 7.32. The highest BCUT2D eigenvalue weighted by Gasteiger charge is 2.36. The Morgan fingerprint density at radius 1 is 0.952 bits per heavy atom. The number of amides is 4. The maximum absolute atomic E-state index is 12.3. The average molecular weight is 288 g/mol. The Labute approximate surface area is 124 Å². The Hall–Kier alpha value is -2.17. The van der Waals surface area contributed by atoms with Crippen LogP contribution in [0.3, 0.4) is 0 Å². The highest BCUT2D eigenvalue weighted by molar-refractivity contribution is 6.14. The van der Waals surface area contributed by atoms with E-state index in [9.17, 15) is 14.4 Å². The molecule has 5 heteroatoms. The Balaban J connectivity index is 2.01. The quantitative estimate of drug-likeness (QED) is 0.754. The Morgan fingerprint density at radius 3 is 2.19 bits per heavy atom. The number of carbonyl (C=O) groups is 3. The highest BCUT2D eigenvalue weighted by atomic mass is 16.2. The van der Waals surface area contributed by atoms with E-state index in [2.05, 4.69) is 0 Å². The van der Waals surface area contributed by atoms with Crippen molar-refractivity contribution in [3.63, 3.8) is 0 Å². The number of barbiturate groups is 1. The molecule has 0 N–H and O–H groups in total. The number of hydrogen-bond acceptors (Lipinski definition) is 3. The average Bonchev–Trinajstić information content (AvgIpc) is 2.47. The smallest absolute Gasteiger partial charge is 0.274 e. The zero-order valence-corrected chi connectivity index (χ0v) is 12.2. The molecule has 1 heterocycles. The zero-order valence-electron chi connectivity index (χ0n) is 12.2. The molecular weight excluding hydrogens is 268 g/mol. The molecule has 4 amide bonds. The number of rotatable bonds is 6. The Bertz CT molecular complexity index is 528. The molecule has 1 aliphatic heterocycles. The lowest BCUT2D eigenvalue weighted by molar-refractivity contribution is -0.142. The first kappa shape index (κ1) is 15.2. The largest absolute Gasteiger partial charge is 0.333 e. The van der Waals surface area contributed by atoms with Crippen molar-refractivity contribution >= 4 is 17.8 Å². The third-order valence-electron chi connectivity index (χ3n) is 3.57. The molecule has 1 aromatic rings. The van der Waals surface area contributed by atoms with Crippen LogP contribution in [0.4, 0.5) is 4.79 Å². The minimum absolute atomic E-state index is 0.204. The zero-order chi connectivity index (χ0) is 15.2. The third-order valence-corrected chi connectivity index (χ3v) is 3.57. The van der Waals surface area contributed by atoms with Crippen molar-refractivity contribution in [1.82, 2.24) is 9.80 Å². The lowest BCUT2D eigenvalue weighted by Gasteiger charge is -2.32. The highest BCUT2D eigenvalue weighted by Crippen LogP contribution is 2.14. The van der Waals surface area contributed by atoms with Crippen molar-refractivity contribution in [2.75, 3.05) is 13.1 Å². The van der Waals surface area contributed by atoms with E-state index >= 15 is 0 Å². The number of nitrogens with zero attached hydrogens (tertiary/aromatic N) is 2. The lowest BCUT2D eigenvalue weighted by Crippen LogP contribution is -2.55. The second kappa shape index (κ2) is 7.02. The van der Waals surface area contributed by atoms with Crippen molar-refractivity contribution in [2.45, 2.75) is 32.6 Å². The third kappa shape index (κ3) is 3.68. The molecule has 1 saturated heterocycles. The van der Waals surface area contributed by atoms with Crippen LogP contribution in [0.25, 0.3) is 0 Å². The molecular formula is C16H20N2O3. The number of unbranched alkanes of at least 4 members (excludes halogenated alkanes) is 1. The Kier molecular flexibility index (Phi) is 5.09. The standard InChI is InChI=1S/C16H20N2O3/c1-2-3-10-17-14(19)12-15(20)18(16(17)21)11-9-13-7-5-4-6-8-13/h4-8H,2-3,9-12H2,1H3. The van der Waals surface area contributed by atoms with Crippen LogP contribution in [0.5, 0.6) is 0 Å². The second-order valence-electron chi connectivity index (χ2n) is 5.14. The van der Waals surface area contributed by atoms with Gasteiger partial charge in [-0.05, 0) is 18.4 Å². The summed E-state index contributed by atoms with van der Waals surface area (Å²) in [6, 6.07) is 9.21. The summed E-state index contributed by atoms with van der Waals surface area (Å²) in [7, 11) is 0. The Morgan fingerprint density at radius 2 is 1.57 bits per heavy atom. The monoisotopic (exact) mass is 288 g/mol. The summed E-state index contributed by atoms with van der Waals surface area (Å²) in [6.45, 7) is 2.71. The van der Waals surface area contributed by atoms with Crippen molar-refractivity contribution in [3.8, 4) is 0 Å². The number of hydrogen-bond donors (Lipinski definition) is 0. The normalized spacial score (nSPS) is 15.8. The van der Waals surface area contributed by atoms with Crippen molar-refractivity contribution < 1.29 is 14.4 Å². The predicted molar refractivity (Wildman–Crippen MR) is 78.5 cm³/mol. The minimum atomic E-state index is -0.472. The van der Waals surface area contributed by atoms with Crippen molar-refractivity contribution in [3.05, 3.63) is 35.9 Å². The number of urea groups is 1. The molecule has 0 aliphatic carbocycles. The van der Waals surface area contributed by atoms with Gasteiger partial charge in [0.2, 0.25) is 11.8 Å². The fraction of sp³-hybridized carbons (Fsp3) is 0.438. The summed E-state index contributed by atoms with van der Waals surface area (Å²) in [5, 5.41) is 0. The molecule has 5 nitrogen and oxygen atoms in total. The first-order chi connectivity index (χ1) is 10.1. The predicted octanol–water partition coefficient (Wildman–Crippen LogP) is 2.21. The van der Waals surface area contributed by atoms with Crippen LogP contribution in [-0.4, -0.2) is 40.7 Å². The number of carbonyl (C=O) groups excluding carboxylic acids is 3. The van der Waals surface area contributed by atoms with Gasteiger partial charge in [-0.3, -0.25) is 19.4 Å². The van der Waals surface area contributed by atoms with Crippen molar-refractivity contribution in [2.24, 2.45) is 0 Å². The molecule has 21 heavy (non-hydrogen) atoms. The minimum Gasteiger partial charge on any atom is -0.274 e. The van der Waals surface area contributed by atoms with Crippen LogP contribution in [0.2, 0.25) is 0 Å².